The molecule has 4 heteroatoms. The van der Waals surface area contributed by atoms with Gasteiger partial charge in [0.15, 0.2) is 0 Å². The summed E-state index contributed by atoms with van der Waals surface area (Å²) in [4.78, 5) is 9.44. The van der Waals surface area contributed by atoms with Gasteiger partial charge in [-0.3, -0.25) is 9.97 Å². The molecule has 0 amide bonds. The third-order valence-electron chi connectivity index (χ3n) is 2.61. The van der Waals surface area contributed by atoms with Crippen LogP contribution in [0, 0.1) is 6.92 Å². The van der Waals surface area contributed by atoms with E-state index in [-0.39, 0.29) is 0 Å². The van der Waals surface area contributed by atoms with Crippen molar-refractivity contribution in [3.63, 3.8) is 0 Å². The molecule has 84 valence electrons. The van der Waals surface area contributed by atoms with Crippen LogP contribution in [0.15, 0.2) is 30.2 Å². The zero-order valence-corrected chi connectivity index (χ0v) is 10.3. The van der Waals surface area contributed by atoms with Gasteiger partial charge in [0, 0.05) is 36.1 Å². The highest BCUT2D eigenvalue weighted by Gasteiger charge is 2.06. The quantitative estimate of drug-likeness (QED) is 0.882. The van der Waals surface area contributed by atoms with Crippen LogP contribution in [0.5, 0.6) is 0 Å². The predicted molar refractivity (Wildman–Crippen MR) is 66.3 cm³/mol. The monoisotopic (exact) mass is 233 g/mol. The molecule has 2 rings (SSSR count). The van der Waals surface area contributed by atoms with Gasteiger partial charge in [-0.2, -0.15) is 0 Å². The SMILES string of the molecule is Cc1cnccc1CNC(C)c1cncs1. The first-order valence-corrected chi connectivity index (χ1v) is 6.16. The van der Waals surface area contributed by atoms with E-state index in [4.69, 9.17) is 0 Å². The Morgan fingerprint density at radius 2 is 2.25 bits per heavy atom. The predicted octanol–water partition coefficient (Wildman–Crippen LogP) is 2.70. The number of rotatable bonds is 4. The molecular formula is C12H15N3S. The highest BCUT2D eigenvalue weighted by atomic mass is 32.1. The molecule has 1 unspecified atom stereocenters. The van der Waals surface area contributed by atoms with E-state index in [1.165, 1.54) is 16.0 Å². The molecule has 0 radical (unpaired) electrons. The molecule has 16 heavy (non-hydrogen) atoms. The summed E-state index contributed by atoms with van der Waals surface area (Å²) in [5.74, 6) is 0. The second-order valence-corrected chi connectivity index (χ2v) is 4.73. The van der Waals surface area contributed by atoms with Gasteiger partial charge in [-0.05, 0) is 31.0 Å². The van der Waals surface area contributed by atoms with Crippen molar-refractivity contribution in [1.82, 2.24) is 15.3 Å². The molecule has 2 aromatic rings. The summed E-state index contributed by atoms with van der Waals surface area (Å²) in [5.41, 5.74) is 4.39. The van der Waals surface area contributed by atoms with Gasteiger partial charge in [0.25, 0.3) is 0 Å². The topological polar surface area (TPSA) is 37.8 Å². The summed E-state index contributed by atoms with van der Waals surface area (Å²) in [6.45, 7) is 5.11. The summed E-state index contributed by atoms with van der Waals surface area (Å²) in [6.07, 6.45) is 5.65. The second kappa shape index (κ2) is 5.18. The number of aryl methyl sites for hydroxylation is 1. The number of aromatic nitrogens is 2. The zero-order chi connectivity index (χ0) is 11.4. The average molecular weight is 233 g/mol. The minimum atomic E-state index is 0.347. The molecule has 0 aliphatic heterocycles. The highest BCUT2D eigenvalue weighted by Crippen LogP contribution is 2.17. The highest BCUT2D eigenvalue weighted by molar-refractivity contribution is 7.09. The number of thiazole rings is 1. The molecule has 0 fully saturated rings. The van der Waals surface area contributed by atoms with Crippen molar-refractivity contribution in [2.45, 2.75) is 26.4 Å². The standard InChI is InChI=1S/C12H15N3S/c1-9-5-13-4-3-11(9)6-15-10(2)12-7-14-8-16-12/h3-5,7-8,10,15H,6H2,1-2H3. The fourth-order valence-corrected chi connectivity index (χ4v) is 2.16. The van der Waals surface area contributed by atoms with E-state index < -0.39 is 0 Å². The molecule has 0 aliphatic carbocycles. The first-order valence-electron chi connectivity index (χ1n) is 5.28. The summed E-state index contributed by atoms with van der Waals surface area (Å²) in [6, 6.07) is 2.40. The summed E-state index contributed by atoms with van der Waals surface area (Å²) in [5, 5.41) is 3.48. The molecule has 0 aromatic carbocycles. The average Bonchev–Trinajstić information content (AvgIpc) is 2.81. The van der Waals surface area contributed by atoms with Crippen molar-refractivity contribution in [1.29, 1.82) is 0 Å². The molecule has 2 heterocycles. The van der Waals surface area contributed by atoms with Crippen LogP contribution in [0.3, 0.4) is 0 Å². The van der Waals surface area contributed by atoms with Crippen LogP contribution in [0.4, 0.5) is 0 Å². The molecule has 0 saturated heterocycles. The lowest BCUT2D eigenvalue weighted by Gasteiger charge is -2.12. The van der Waals surface area contributed by atoms with Gasteiger partial charge in [-0.25, -0.2) is 0 Å². The lowest BCUT2D eigenvalue weighted by molar-refractivity contribution is 0.580. The maximum Gasteiger partial charge on any atom is 0.0794 e. The van der Waals surface area contributed by atoms with Crippen molar-refractivity contribution < 1.29 is 0 Å². The minimum absolute atomic E-state index is 0.347. The van der Waals surface area contributed by atoms with Crippen LogP contribution in [0.1, 0.15) is 29.0 Å². The maximum absolute atomic E-state index is 4.09. The number of hydrogen-bond acceptors (Lipinski definition) is 4. The Kier molecular flexibility index (Phi) is 3.64. The van der Waals surface area contributed by atoms with Crippen molar-refractivity contribution >= 4 is 11.3 Å². The van der Waals surface area contributed by atoms with Crippen molar-refractivity contribution in [2.75, 3.05) is 0 Å². The van der Waals surface area contributed by atoms with Crippen LogP contribution in [-0.4, -0.2) is 9.97 Å². The van der Waals surface area contributed by atoms with E-state index in [2.05, 4.69) is 35.2 Å². The fraction of sp³-hybridized carbons (Fsp3) is 0.333. The lowest BCUT2D eigenvalue weighted by atomic mass is 10.1. The van der Waals surface area contributed by atoms with Crippen LogP contribution >= 0.6 is 11.3 Å². The van der Waals surface area contributed by atoms with E-state index in [0.717, 1.165) is 6.54 Å². The van der Waals surface area contributed by atoms with Gasteiger partial charge in [0.1, 0.15) is 0 Å². The van der Waals surface area contributed by atoms with Crippen LogP contribution in [0.2, 0.25) is 0 Å². The molecule has 3 nitrogen and oxygen atoms in total. The molecule has 1 atom stereocenters. The third kappa shape index (κ3) is 2.65. The van der Waals surface area contributed by atoms with E-state index in [1.54, 1.807) is 11.3 Å². The number of nitrogens with one attached hydrogen (secondary N) is 1. The minimum Gasteiger partial charge on any atom is -0.305 e. The molecular weight excluding hydrogens is 218 g/mol. The Bertz CT molecular complexity index is 439. The van der Waals surface area contributed by atoms with Crippen LogP contribution in [0.25, 0.3) is 0 Å². The van der Waals surface area contributed by atoms with E-state index in [1.807, 2.05) is 24.1 Å². The molecule has 0 bridgehead atoms. The van der Waals surface area contributed by atoms with Crippen LogP contribution in [-0.2, 0) is 6.54 Å². The number of nitrogens with zero attached hydrogens (tertiary/aromatic N) is 2. The van der Waals surface area contributed by atoms with Gasteiger partial charge in [-0.15, -0.1) is 11.3 Å². The summed E-state index contributed by atoms with van der Waals surface area (Å²) < 4.78 is 0. The Labute approximate surface area is 99.6 Å². The second-order valence-electron chi connectivity index (χ2n) is 3.81. The number of hydrogen-bond donors (Lipinski definition) is 1. The van der Waals surface area contributed by atoms with Gasteiger partial charge < -0.3 is 5.32 Å². The van der Waals surface area contributed by atoms with Crippen molar-refractivity contribution in [3.05, 3.63) is 46.2 Å². The fourth-order valence-electron chi connectivity index (χ4n) is 1.50. The molecule has 1 N–H and O–H groups in total. The zero-order valence-electron chi connectivity index (χ0n) is 9.47. The van der Waals surface area contributed by atoms with Crippen molar-refractivity contribution in [3.8, 4) is 0 Å². The van der Waals surface area contributed by atoms with E-state index >= 15 is 0 Å². The Balaban J connectivity index is 1.95. The first-order chi connectivity index (χ1) is 7.77. The molecule has 0 saturated carbocycles. The Hall–Kier alpha value is -1.26. The van der Waals surface area contributed by atoms with Gasteiger partial charge in [0.05, 0.1) is 5.51 Å². The Morgan fingerprint density at radius 3 is 2.94 bits per heavy atom. The lowest BCUT2D eigenvalue weighted by Crippen LogP contribution is -2.17. The van der Waals surface area contributed by atoms with E-state index in [0.29, 0.717) is 6.04 Å². The van der Waals surface area contributed by atoms with Crippen LogP contribution < -0.4 is 5.32 Å². The molecule has 0 spiro atoms. The molecule has 2 aromatic heterocycles. The van der Waals surface area contributed by atoms with Gasteiger partial charge in [0.2, 0.25) is 0 Å². The van der Waals surface area contributed by atoms with E-state index in [9.17, 15) is 0 Å². The Morgan fingerprint density at radius 1 is 1.38 bits per heavy atom. The first kappa shape index (κ1) is 11.2. The molecule has 0 aliphatic rings. The normalized spacial score (nSPS) is 12.6. The van der Waals surface area contributed by atoms with Gasteiger partial charge >= 0.3 is 0 Å². The number of pyridine rings is 1. The summed E-state index contributed by atoms with van der Waals surface area (Å²) in [7, 11) is 0. The maximum atomic E-state index is 4.09. The summed E-state index contributed by atoms with van der Waals surface area (Å²) >= 11 is 1.68. The largest absolute Gasteiger partial charge is 0.305 e. The third-order valence-corrected chi connectivity index (χ3v) is 3.57. The van der Waals surface area contributed by atoms with Gasteiger partial charge in [-0.1, -0.05) is 0 Å². The van der Waals surface area contributed by atoms with Crippen molar-refractivity contribution in [2.24, 2.45) is 0 Å². The smallest absolute Gasteiger partial charge is 0.0794 e.